The molecule has 1 saturated heterocycles. The third-order valence-corrected chi connectivity index (χ3v) is 5.75. The van der Waals surface area contributed by atoms with E-state index in [4.69, 9.17) is 16.6 Å². The summed E-state index contributed by atoms with van der Waals surface area (Å²) in [5.74, 6) is 0.601. The number of benzene rings is 1. The van der Waals surface area contributed by atoms with E-state index in [1.165, 1.54) is 5.56 Å². The molecule has 4 nitrogen and oxygen atoms in total. The molecule has 0 atom stereocenters. The standard InChI is InChI=1S/C24H24ClN3O/c25-21-6-4-18(5-7-21)16-22-2-1-3-23(27-22)20-10-14-28(15-11-20)24(29)17-19-8-12-26-13-9-19/h1-9,12-13,20H,10-11,14-17H2. The van der Waals surface area contributed by atoms with Crippen LogP contribution >= 0.6 is 11.6 Å². The van der Waals surface area contributed by atoms with E-state index in [0.29, 0.717) is 12.3 Å². The van der Waals surface area contributed by atoms with Crippen LogP contribution in [0.25, 0.3) is 0 Å². The van der Waals surface area contributed by atoms with Crippen molar-refractivity contribution in [2.45, 2.75) is 31.6 Å². The third kappa shape index (κ3) is 5.21. The van der Waals surface area contributed by atoms with Crippen LogP contribution in [0.1, 0.15) is 41.3 Å². The number of carbonyl (C=O) groups is 1. The SMILES string of the molecule is O=C(Cc1ccncc1)N1CCC(c2cccc(Cc3ccc(Cl)cc3)n2)CC1. The second-order valence-corrected chi connectivity index (χ2v) is 7.98. The lowest BCUT2D eigenvalue weighted by atomic mass is 9.92. The number of hydrogen-bond donors (Lipinski definition) is 0. The average Bonchev–Trinajstić information content (AvgIpc) is 2.76. The highest BCUT2D eigenvalue weighted by molar-refractivity contribution is 6.30. The van der Waals surface area contributed by atoms with E-state index in [1.807, 2.05) is 41.3 Å². The summed E-state index contributed by atoms with van der Waals surface area (Å²) in [4.78, 5) is 23.5. The Hall–Kier alpha value is -2.72. The molecule has 0 bridgehead atoms. The molecule has 5 heteroatoms. The van der Waals surface area contributed by atoms with Crippen LogP contribution in [0.4, 0.5) is 0 Å². The number of rotatable bonds is 5. The Balaban J connectivity index is 1.34. The quantitative estimate of drug-likeness (QED) is 0.619. The maximum Gasteiger partial charge on any atom is 0.226 e. The fraction of sp³-hybridized carbons (Fsp3) is 0.292. The molecular formula is C24H24ClN3O. The zero-order chi connectivity index (χ0) is 20.1. The molecule has 0 aliphatic carbocycles. The van der Waals surface area contributed by atoms with Crippen LogP contribution in [-0.2, 0) is 17.6 Å². The van der Waals surface area contributed by atoms with Crippen LogP contribution in [-0.4, -0.2) is 33.9 Å². The van der Waals surface area contributed by atoms with E-state index in [2.05, 4.69) is 23.2 Å². The zero-order valence-electron chi connectivity index (χ0n) is 16.3. The van der Waals surface area contributed by atoms with Crippen molar-refractivity contribution in [3.8, 4) is 0 Å². The van der Waals surface area contributed by atoms with Gasteiger partial charge in [-0.15, -0.1) is 0 Å². The summed E-state index contributed by atoms with van der Waals surface area (Å²) < 4.78 is 0. The Morgan fingerprint density at radius 3 is 2.41 bits per heavy atom. The number of hydrogen-bond acceptors (Lipinski definition) is 3. The first-order valence-electron chi connectivity index (χ1n) is 10.0. The van der Waals surface area contributed by atoms with Gasteiger partial charge in [-0.2, -0.15) is 0 Å². The lowest BCUT2D eigenvalue weighted by Crippen LogP contribution is -2.38. The number of piperidine rings is 1. The molecule has 3 heterocycles. The predicted molar refractivity (Wildman–Crippen MR) is 115 cm³/mol. The summed E-state index contributed by atoms with van der Waals surface area (Å²) in [6.45, 7) is 1.58. The molecule has 0 spiro atoms. The minimum absolute atomic E-state index is 0.194. The summed E-state index contributed by atoms with van der Waals surface area (Å²) in [5, 5.41) is 0.751. The van der Waals surface area contributed by atoms with Gasteiger partial charge in [0.2, 0.25) is 5.91 Å². The first kappa shape index (κ1) is 19.6. The monoisotopic (exact) mass is 405 g/mol. The maximum atomic E-state index is 12.6. The summed E-state index contributed by atoms with van der Waals surface area (Å²) in [6.07, 6.45) is 6.63. The highest BCUT2D eigenvalue weighted by Gasteiger charge is 2.24. The van der Waals surface area contributed by atoms with Gasteiger partial charge in [-0.05, 0) is 60.4 Å². The Labute approximate surface area is 176 Å². The molecule has 148 valence electrons. The first-order valence-corrected chi connectivity index (χ1v) is 10.4. The van der Waals surface area contributed by atoms with Crippen molar-refractivity contribution in [2.24, 2.45) is 0 Å². The van der Waals surface area contributed by atoms with Gasteiger partial charge in [0.25, 0.3) is 0 Å². The van der Waals surface area contributed by atoms with E-state index in [-0.39, 0.29) is 5.91 Å². The molecule has 0 N–H and O–H groups in total. The van der Waals surface area contributed by atoms with Crippen molar-refractivity contribution in [2.75, 3.05) is 13.1 Å². The van der Waals surface area contributed by atoms with E-state index in [0.717, 1.165) is 54.3 Å². The molecule has 0 radical (unpaired) electrons. The molecule has 0 unspecified atom stereocenters. The number of likely N-dealkylation sites (tertiary alicyclic amines) is 1. The molecule has 29 heavy (non-hydrogen) atoms. The summed E-state index contributed by atoms with van der Waals surface area (Å²) in [7, 11) is 0. The van der Waals surface area contributed by atoms with Gasteiger partial charge in [0.05, 0.1) is 6.42 Å². The second-order valence-electron chi connectivity index (χ2n) is 7.54. The molecule has 0 saturated carbocycles. The fourth-order valence-corrected chi connectivity index (χ4v) is 3.97. The van der Waals surface area contributed by atoms with Crippen LogP contribution in [0, 0.1) is 0 Å². The predicted octanol–water partition coefficient (Wildman–Crippen LogP) is 4.67. The van der Waals surface area contributed by atoms with Gasteiger partial charge in [0.15, 0.2) is 0 Å². The molecule has 1 aliphatic rings. The van der Waals surface area contributed by atoms with Crippen molar-refractivity contribution < 1.29 is 4.79 Å². The molecule has 2 aromatic heterocycles. The summed E-state index contributed by atoms with van der Waals surface area (Å²) in [6, 6.07) is 18.0. The van der Waals surface area contributed by atoms with Crippen LogP contribution < -0.4 is 0 Å². The van der Waals surface area contributed by atoms with Gasteiger partial charge in [-0.25, -0.2) is 0 Å². The summed E-state index contributed by atoms with van der Waals surface area (Å²) in [5.41, 5.74) is 4.43. The van der Waals surface area contributed by atoms with Crippen LogP contribution in [0.2, 0.25) is 5.02 Å². The summed E-state index contributed by atoms with van der Waals surface area (Å²) >= 11 is 5.97. The topological polar surface area (TPSA) is 46.1 Å². The minimum atomic E-state index is 0.194. The van der Waals surface area contributed by atoms with Gasteiger partial charge in [0.1, 0.15) is 0 Å². The first-order chi connectivity index (χ1) is 14.2. The van der Waals surface area contributed by atoms with Crippen LogP contribution in [0.15, 0.2) is 67.0 Å². The van der Waals surface area contributed by atoms with E-state index >= 15 is 0 Å². The molecule has 1 aliphatic heterocycles. The second kappa shape index (κ2) is 9.19. The lowest BCUT2D eigenvalue weighted by molar-refractivity contribution is -0.131. The van der Waals surface area contributed by atoms with Crippen molar-refractivity contribution in [1.82, 2.24) is 14.9 Å². The van der Waals surface area contributed by atoms with E-state index < -0.39 is 0 Å². The highest BCUT2D eigenvalue weighted by atomic mass is 35.5. The number of nitrogens with zero attached hydrogens (tertiary/aromatic N) is 3. The van der Waals surface area contributed by atoms with Gasteiger partial charge in [-0.1, -0.05) is 29.8 Å². The average molecular weight is 406 g/mol. The smallest absolute Gasteiger partial charge is 0.226 e. The van der Waals surface area contributed by atoms with Crippen molar-refractivity contribution in [1.29, 1.82) is 0 Å². The van der Waals surface area contributed by atoms with Crippen molar-refractivity contribution >= 4 is 17.5 Å². The molecule has 4 rings (SSSR count). The normalized spacial score (nSPS) is 14.7. The van der Waals surface area contributed by atoms with Crippen LogP contribution in [0.5, 0.6) is 0 Å². The van der Waals surface area contributed by atoms with E-state index in [9.17, 15) is 4.79 Å². The van der Waals surface area contributed by atoms with Gasteiger partial charge < -0.3 is 4.90 Å². The zero-order valence-corrected chi connectivity index (χ0v) is 17.1. The third-order valence-electron chi connectivity index (χ3n) is 5.50. The molecule has 1 fully saturated rings. The Morgan fingerprint density at radius 2 is 1.69 bits per heavy atom. The van der Waals surface area contributed by atoms with Gasteiger partial charge in [-0.3, -0.25) is 14.8 Å². The van der Waals surface area contributed by atoms with Gasteiger partial charge >= 0.3 is 0 Å². The minimum Gasteiger partial charge on any atom is -0.342 e. The highest BCUT2D eigenvalue weighted by Crippen LogP contribution is 2.27. The number of halogens is 1. The molecule has 1 aromatic carbocycles. The lowest BCUT2D eigenvalue weighted by Gasteiger charge is -2.32. The van der Waals surface area contributed by atoms with Gasteiger partial charge in [0, 0.05) is 54.2 Å². The Morgan fingerprint density at radius 1 is 0.966 bits per heavy atom. The Kier molecular flexibility index (Phi) is 6.20. The fourth-order valence-electron chi connectivity index (χ4n) is 3.85. The maximum absolute atomic E-state index is 12.6. The number of aromatic nitrogens is 2. The number of pyridine rings is 2. The van der Waals surface area contributed by atoms with Crippen molar-refractivity contribution in [3.05, 3.63) is 94.5 Å². The number of carbonyl (C=O) groups excluding carboxylic acids is 1. The molecular weight excluding hydrogens is 382 g/mol. The largest absolute Gasteiger partial charge is 0.342 e. The molecule has 3 aromatic rings. The van der Waals surface area contributed by atoms with Crippen molar-refractivity contribution in [3.63, 3.8) is 0 Å². The number of amides is 1. The van der Waals surface area contributed by atoms with E-state index in [1.54, 1.807) is 12.4 Å². The molecule has 1 amide bonds. The van der Waals surface area contributed by atoms with Crippen LogP contribution in [0.3, 0.4) is 0 Å². The Bertz CT molecular complexity index is 951.